The third-order valence-corrected chi connectivity index (χ3v) is 2.53. The summed E-state index contributed by atoms with van der Waals surface area (Å²) in [7, 11) is 1.54. The number of nitrogens with one attached hydrogen (secondary N) is 1. The molecule has 3 N–H and O–H groups in total. The van der Waals surface area contributed by atoms with Gasteiger partial charge in [-0.2, -0.15) is 20.5 Å². The summed E-state index contributed by atoms with van der Waals surface area (Å²) in [5.74, 6) is -0.269. The lowest BCUT2D eigenvalue weighted by molar-refractivity contribution is -0.142. The van der Waals surface area contributed by atoms with Crippen molar-refractivity contribution in [1.29, 1.82) is 0 Å². The largest absolute Gasteiger partial charge is 0.385 e. The number of hydrogen-bond acceptors (Lipinski definition) is 4. The third-order valence-electron chi connectivity index (χ3n) is 1.38. The first-order valence-electron chi connectivity index (χ1n) is 4.00. The Morgan fingerprint density at radius 2 is 2.29 bits per heavy atom. The van der Waals surface area contributed by atoms with Crippen LogP contribution in [0.2, 0.25) is 0 Å². The quantitative estimate of drug-likeness (QED) is 0.286. The van der Waals surface area contributed by atoms with E-state index in [2.05, 4.69) is 5.84 Å². The van der Waals surface area contributed by atoms with Crippen LogP contribution < -0.4 is 11.3 Å². The van der Waals surface area contributed by atoms with Crippen LogP contribution >= 0.6 is 11.8 Å². The highest BCUT2D eigenvalue weighted by Crippen LogP contribution is 2.20. The molecular weight excluding hydrogens is 214 g/mol. The van der Waals surface area contributed by atoms with Crippen LogP contribution in [0.4, 0.5) is 8.78 Å². The molecule has 0 aromatic heterocycles. The molecule has 0 saturated carbocycles. The standard InChI is InChI=1S/C7H14F2N2O2S/c1-13-3-2-4-14-5-7(8,9)6(12)11-10/h2-5,10H2,1H3,(H,11,12). The zero-order valence-corrected chi connectivity index (χ0v) is 8.70. The highest BCUT2D eigenvalue weighted by molar-refractivity contribution is 7.99. The number of ether oxygens (including phenoxy) is 1. The Labute approximate surface area is 85.5 Å². The predicted octanol–water partition coefficient (Wildman–Crippen LogP) is 0.381. The summed E-state index contributed by atoms with van der Waals surface area (Å²) in [5.41, 5.74) is 1.43. The number of methoxy groups -OCH3 is 1. The number of thioether (sulfide) groups is 1. The number of halogens is 2. The smallest absolute Gasteiger partial charge is 0.334 e. The van der Waals surface area contributed by atoms with Crippen LogP contribution in [0.25, 0.3) is 0 Å². The van der Waals surface area contributed by atoms with Crippen molar-refractivity contribution in [2.24, 2.45) is 5.84 Å². The first kappa shape index (κ1) is 13.6. The van der Waals surface area contributed by atoms with Gasteiger partial charge in [-0.15, -0.1) is 0 Å². The van der Waals surface area contributed by atoms with Gasteiger partial charge >= 0.3 is 11.8 Å². The molecule has 0 aliphatic carbocycles. The van der Waals surface area contributed by atoms with E-state index in [0.29, 0.717) is 18.8 Å². The summed E-state index contributed by atoms with van der Waals surface area (Å²) in [5, 5.41) is 0. The molecule has 1 amide bonds. The summed E-state index contributed by atoms with van der Waals surface area (Å²) in [6.45, 7) is 0.529. The van der Waals surface area contributed by atoms with E-state index in [-0.39, 0.29) is 0 Å². The molecule has 0 rings (SSSR count). The van der Waals surface area contributed by atoms with Crippen molar-refractivity contribution < 1.29 is 18.3 Å². The second kappa shape index (κ2) is 6.97. The minimum atomic E-state index is -3.40. The Balaban J connectivity index is 3.60. The van der Waals surface area contributed by atoms with Crippen LogP contribution in [0, 0.1) is 0 Å². The number of hydrogen-bond donors (Lipinski definition) is 2. The molecule has 0 spiro atoms. The van der Waals surface area contributed by atoms with Gasteiger partial charge in [0.2, 0.25) is 0 Å². The van der Waals surface area contributed by atoms with Crippen LogP contribution in [-0.2, 0) is 9.53 Å². The summed E-state index contributed by atoms with van der Waals surface area (Å²) < 4.78 is 30.3. The number of hydrazine groups is 1. The van der Waals surface area contributed by atoms with Gasteiger partial charge in [0.1, 0.15) is 0 Å². The number of amides is 1. The maximum atomic E-state index is 12.8. The van der Waals surface area contributed by atoms with E-state index in [1.165, 1.54) is 5.43 Å². The van der Waals surface area contributed by atoms with E-state index in [0.717, 1.165) is 11.8 Å². The SMILES string of the molecule is COCCCSCC(F)(F)C(=O)NN. The van der Waals surface area contributed by atoms with E-state index in [4.69, 9.17) is 4.74 Å². The van der Waals surface area contributed by atoms with E-state index >= 15 is 0 Å². The fraction of sp³-hybridized carbons (Fsp3) is 0.857. The zero-order valence-electron chi connectivity index (χ0n) is 7.89. The van der Waals surface area contributed by atoms with Crippen molar-refractivity contribution in [2.75, 3.05) is 25.2 Å². The van der Waals surface area contributed by atoms with Crippen molar-refractivity contribution in [2.45, 2.75) is 12.3 Å². The highest BCUT2D eigenvalue weighted by atomic mass is 32.2. The van der Waals surface area contributed by atoms with Crippen LogP contribution in [0.5, 0.6) is 0 Å². The average molecular weight is 228 g/mol. The van der Waals surface area contributed by atoms with Gasteiger partial charge in [0, 0.05) is 13.7 Å². The molecule has 84 valence electrons. The lowest BCUT2D eigenvalue weighted by Crippen LogP contribution is -2.45. The number of carbonyl (C=O) groups is 1. The van der Waals surface area contributed by atoms with Gasteiger partial charge in [-0.3, -0.25) is 10.2 Å². The van der Waals surface area contributed by atoms with Crippen LogP contribution in [0.15, 0.2) is 0 Å². The molecule has 7 heteroatoms. The van der Waals surface area contributed by atoms with Crippen molar-refractivity contribution in [3.05, 3.63) is 0 Å². The van der Waals surface area contributed by atoms with Crippen LogP contribution in [-0.4, -0.2) is 37.1 Å². The van der Waals surface area contributed by atoms with Crippen molar-refractivity contribution in [3.8, 4) is 0 Å². The molecule has 0 bridgehead atoms. The minimum Gasteiger partial charge on any atom is -0.385 e. The van der Waals surface area contributed by atoms with Gasteiger partial charge < -0.3 is 4.74 Å². The van der Waals surface area contributed by atoms with Gasteiger partial charge in [-0.25, -0.2) is 5.84 Å². The van der Waals surface area contributed by atoms with Gasteiger partial charge in [0.05, 0.1) is 5.75 Å². The number of nitrogens with two attached hydrogens (primary N) is 1. The molecule has 0 saturated heterocycles. The molecule has 0 heterocycles. The molecule has 0 unspecified atom stereocenters. The van der Waals surface area contributed by atoms with Gasteiger partial charge in [0.15, 0.2) is 0 Å². The lowest BCUT2D eigenvalue weighted by atomic mass is 10.4. The molecule has 0 aromatic rings. The third kappa shape index (κ3) is 5.36. The number of carbonyl (C=O) groups excluding carboxylic acids is 1. The van der Waals surface area contributed by atoms with Gasteiger partial charge in [-0.05, 0) is 12.2 Å². The zero-order chi connectivity index (χ0) is 11.0. The summed E-state index contributed by atoms with van der Waals surface area (Å²) >= 11 is 0.997. The molecule has 0 aliphatic heterocycles. The van der Waals surface area contributed by atoms with Crippen molar-refractivity contribution >= 4 is 17.7 Å². The Morgan fingerprint density at radius 3 is 2.79 bits per heavy atom. The van der Waals surface area contributed by atoms with E-state index < -0.39 is 17.6 Å². The molecule has 0 aliphatic rings. The maximum Gasteiger partial charge on any atom is 0.334 e. The fourth-order valence-electron chi connectivity index (χ4n) is 0.677. The maximum absolute atomic E-state index is 12.8. The molecule has 0 aromatic carbocycles. The Kier molecular flexibility index (Phi) is 6.77. The summed E-state index contributed by atoms with van der Waals surface area (Å²) in [6.07, 6.45) is 0.682. The van der Waals surface area contributed by atoms with Crippen molar-refractivity contribution in [3.63, 3.8) is 0 Å². The number of rotatable bonds is 7. The van der Waals surface area contributed by atoms with E-state index in [9.17, 15) is 13.6 Å². The first-order valence-corrected chi connectivity index (χ1v) is 5.15. The average Bonchev–Trinajstić information content (AvgIpc) is 2.16. The monoisotopic (exact) mass is 228 g/mol. The molecule has 0 atom stereocenters. The fourth-order valence-corrected chi connectivity index (χ4v) is 1.53. The number of alkyl halides is 2. The Bertz CT molecular complexity index is 181. The van der Waals surface area contributed by atoms with Crippen LogP contribution in [0.3, 0.4) is 0 Å². The predicted molar refractivity (Wildman–Crippen MR) is 51.1 cm³/mol. The first-order chi connectivity index (χ1) is 6.54. The van der Waals surface area contributed by atoms with Gasteiger partial charge in [-0.1, -0.05) is 0 Å². The molecule has 14 heavy (non-hydrogen) atoms. The van der Waals surface area contributed by atoms with Crippen LogP contribution in [0.1, 0.15) is 6.42 Å². The Hall–Kier alpha value is -0.400. The molecule has 4 nitrogen and oxygen atoms in total. The summed E-state index contributed by atoms with van der Waals surface area (Å²) in [6, 6.07) is 0. The highest BCUT2D eigenvalue weighted by Gasteiger charge is 2.37. The minimum absolute atomic E-state index is 0.529. The van der Waals surface area contributed by atoms with Crippen molar-refractivity contribution in [1.82, 2.24) is 5.43 Å². The van der Waals surface area contributed by atoms with E-state index in [1.54, 1.807) is 7.11 Å². The molecular formula is C7H14F2N2O2S. The lowest BCUT2D eigenvalue weighted by Gasteiger charge is -2.13. The summed E-state index contributed by atoms with van der Waals surface area (Å²) in [4.78, 5) is 10.5. The molecule has 0 radical (unpaired) electrons. The normalized spacial score (nSPS) is 11.4. The Morgan fingerprint density at radius 1 is 1.64 bits per heavy atom. The van der Waals surface area contributed by atoms with Gasteiger partial charge in [0.25, 0.3) is 0 Å². The topological polar surface area (TPSA) is 64.3 Å². The molecule has 0 fully saturated rings. The second-order valence-corrected chi connectivity index (χ2v) is 3.68. The second-order valence-electron chi connectivity index (χ2n) is 2.58. The van der Waals surface area contributed by atoms with E-state index in [1.807, 2.05) is 0 Å².